The number of carbonyl (C=O) groups is 1. The average Bonchev–Trinajstić information content (AvgIpc) is 2.29. The molecular weight excluding hydrogens is 196 g/mol. The van der Waals surface area contributed by atoms with Gasteiger partial charge in [-0.2, -0.15) is 0 Å². The van der Waals surface area contributed by atoms with Crippen LogP contribution in [0.4, 0.5) is 0 Å². The molecule has 0 saturated carbocycles. The minimum Gasteiger partial charge on any atom is -0.467 e. The van der Waals surface area contributed by atoms with Crippen molar-refractivity contribution in [2.75, 3.05) is 7.11 Å². The second-order valence-corrected chi connectivity index (χ2v) is 2.84. The van der Waals surface area contributed by atoms with Gasteiger partial charge in [-0.05, 0) is 12.5 Å². The summed E-state index contributed by atoms with van der Waals surface area (Å²) in [6.45, 7) is 1.49. The fraction of sp³-hybridized carbons (Fsp3) is 0.364. The minimum atomic E-state index is -0.995. The van der Waals surface area contributed by atoms with Crippen LogP contribution in [0.5, 0.6) is 0 Å². The van der Waals surface area contributed by atoms with Gasteiger partial charge in [-0.15, -0.1) is 0 Å². The van der Waals surface area contributed by atoms with Gasteiger partial charge in [0.05, 0.1) is 13.7 Å². The van der Waals surface area contributed by atoms with E-state index in [0.717, 1.165) is 5.56 Å². The third-order valence-corrected chi connectivity index (χ3v) is 1.57. The number of ether oxygens (including phenoxy) is 1. The smallest absolute Gasteiger partial charge is 0.334 e. The Kier molecular flexibility index (Phi) is 7.23. The fourth-order valence-corrected chi connectivity index (χ4v) is 0.754. The van der Waals surface area contributed by atoms with Gasteiger partial charge in [-0.25, -0.2) is 4.79 Å². The molecule has 4 heteroatoms. The Labute approximate surface area is 89.1 Å². The molecule has 0 aliphatic heterocycles. The van der Waals surface area contributed by atoms with Crippen molar-refractivity contribution in [3.8, 4) is 0 Å². The molecule has 0 aliphatic rings. The third kappa shape index (κ3) is 6.65. The summed E-state index contributed by atoms with van der Waals surface area (Å²) in [7, 11) is 1.23. The van der Waals surface area contributed by atoms with Crippen molar-refractivity contribution in [3.63, 3.8) is 0 Å². The number of esters is 1. The lowest BCUT2D eigenvalue weighted by atomic mass is 10.2. The molecule has 84 valence electrons. The predicted octanol–water partition coefficient (Wildman–Crippen LogP) is 0.719. The summed E-state index contributed by atoms with van der Waals surface area (Å²) in [4.78, 5) is 10.0. The number of benzene rings is 1. The number of hydrogen-bond acceptors (Lipinski definition) is 4. The van der Waals surface area contributed by atoms with E-state index in [2.05, 4.69) is 4.74 Å². The molecule has 1 unspecified atom stereocenters. The van der Waals surface area contributed by atoms with Crippen molar-refractivity contribution in [1.82, 2.24) is 0 Å². The Hall–Kier alpha value is -1.39. The van der Waals surface area contributed by atoms with Gasteiger partial charge in [-0.3, -0.25) is 0 Å². The molecular formula is C11H16O4. The highest BCUT2D eigenvalue weighted by molar-refractivity contribution is 5.73. The average molecular weight is 212 g/mol. The van der Waals surface area contributed by atoms with Gasteiger partial charge >= 0.3 is 5.97 Å². The summed E-state index contributed by atoms with van der Waals surface area (Å²) in [6.07, 6.45) is -0.995. The topological polar surface area (TPSA) is 66.8 Å². The lowest BCUT2D eigenvalue weighted by Crippen LogP contribution is -2.16. The van der Waals surface area contributed by atoms with Crippen molar-refractivity contribution in [1.29, 1.82) is 0 Å². The molecule has 1 rings (SSSR count). The van der Waals surface area contributed by atoms with Gasteiger partial charge in [-0.1, -0.05) is 30.3 Å². The minimum absolute atomic E-state index is 0.140. The van der Waals surface area contributed by atoms with E-state index in [-0.39, 0.29) is 6.61 Å². The lowest BCUT2D eigenvalue weighted by molar-refractivity contribution is -0.149. The zero-order valence-electron chi connectivity index (χ0n) is 8.88. The van der Waals surface area contributed by atoms with Gasteiger partial charge in [0.1, 0.15) is 6.10 Å². The first kappa shape index (κ1) is 13.6. The second-order valence-electron chi connectivity index (χ2n) is 2.84. The molecule has 1 atom stereocenters. The summed E-state index contributed by atoms with van der Waals surface area (Å²) >= 11 is 0. The first-order valence-corrected chi connectivity index (χ1v) is 4.52. The number of carbonyl (C=O) groups excluding carboxylic acids is 1. The van der Waals surface area contributed by atoms with Crippen LogP contribution in [-0.2, 0) is 16.1 Å². The van der Waals surface area contributed by atoms with E-state index in [1.165, 1.54) is 14.0 Å². The van der Waals surface area contributed by atoms with Crippen LogP contribution in [0.15, 0.2) is 30.3 Å². The maximum atomic E-state index is 10.0. The molecule has 0 aromatic heterocycles. The van der Waals surface area contributed by atoms with E-state index in [1.54, 1.807) is 0 Å². The monoisotopic (exact) mass is 212 g/mol. The first-order valence-electron chi connectivity index (χ1n) is 4.52. The van der Waals surface area contributed by atoms with Gasteiger partial charge in [0, 0.05) is 0 Å². The molecule has 0 bridgehead atoms. The van der Waals surface area contributed by atoms with Gasteiger partial charge < -0.3 is 14.9 Å². The van der Waals surface area contributed by atoms with Gasteiger partial charge in [0.25, 0.3) is 0 Å². The Morgan fingerprint density at radius 1 is 1.40 bits per heavy atom. The van der Waals surface area contributed by atoms with E-state index >= 15 is 0 Å². The van der Waals surface area contributed by atoms with Crippen molar-refractivity contribution in [2.45, 2.75) is 19.6 Å². The van der Waals surface area contributed by atoms with Crippen LogP contribution in [-0.4, -0.2) is 29.4 Å². The van der Waals surface area contributed by atoms with Crippen molar-refractivity contribution in [2.24, 2.45) is 0 Å². The summed E-state index contributed by atoms with van der Waals surface area (Å²) in [5.41, 5.74) is 0.965. The van der Waals surface area contributed by atoms with E-state index < -0.39 is 12.1 Å². The standard InChI is InChI=1S/C7H8O.C4H8O3/c8-6-7-4-2-1-3-5-7;1-3(5)4(6)7-2/h1-5,8H,6H2;3,5H,1-2H3. The molecule has 0 spiro atoms. The largest absolute Gasteiger partial charge is 0.467 e. The molecule has 0 radical (unpaired) electrons. The number of aliphatic hydroxyl groups excluding tert-OH is 2. The van der Waals surface area contributed by atoms with Crippen LogP contribution in [0.3, 0.4) is 0 Å². The summed E-state index contributed by atoms with van der Waals surface area (Å²) < 4.78 is 4.12. The van der Waals surface area contributed by atoms with E-state index in [1.807, 2.05) is 30.3 Å². The SMILES string of the molecule is COC(=O)C(C)O.OCc1ccccc1. The van der Waals surface area contributed by atoms with Crippen molar-refractivity contribution in [3.05, 3.63) is 35.9 Å². The first-order chi connectivity index (χ1) is 7.11. The highest BCUT2D eigenvalue weighted by Crippen LogP contribution is 1.95. The van der Waals surface area contributed by atoms with Crippen LogP contribution >= 0.6 is 0 Å². The van der Waals surface area contributed by atoms with Gasteiger partial charge in [0.15, 0.2) is 0 Å². The third-order valence-electron chi connectivity index (χ3n) is 1.57. The Morgan fingerprint density at radius 3 is 2.13 bits per heavy atom. The molecule has 0 fully saturated rings. The number of methoxy groups -OCH3 is 1. The maximum absolute atomic E-state index is 10.0. The van der Waals surface area contributed by atoms with Crippen LogP contribution in [0.25, 0.3) is 0 Å². The van der Waals surface area contributed by atoms with E-state index in [0.29, 0.717) is 0 Å². The lowest BCUT2D eigenvalue weighted by Gasteiger charge is -1.97. The van der Waals surface area contributed by atoms with Crippen LogP contribution in [0, 0.1) is 0 Å². The second kappa shape index (κ2) is 7.96. The number of hydrogen-bond donors (Lipinski definition) is 2. The van der Waals surface area contributed by atoms with Crippen LogP contribution in [0.1, 0.15) is 12.5 Å². The number of rotatable bonds is 2. The van der Waals surface area contributed by atoms with Crippen LogP contribution < -0.4 is 0 Å². The Bertz CT molecular complexity index is 269. The zero-order valence-corrected chi connectivity index (χ0v) is 8.88. The molecule has 0 saturated heterocycles. The molecule has 2 N–H and O–H groups in total. The Morgan fingerprint density at radius 2 is 1.93 bits per heavy atom. The predicted molar refractivity (Wildman–Crippen MR) is 56.1 cm³/mol. The summed E-state index contributed by atoms with van der Waals surface area (Å²) in [5, 5.41) is 16.9. The molecule has 4 nitrogen and oxygen atoms in total. The highest BCUT2D eigenvalue weighted by atomic mass is 16.5. The Balaban J connectivity index is 0.000000265. The molecule has 0 aliphatic carbocycles. The highest BCUT2D eigenvalue weighted by Gasteiger charge is 2.05. The van der Waals surface area contributed by atoms with Crippen molar-refractivity contribution < 1.29 is 19.7 Å². The summed E-state index contributed by atoms with van der Waals surface area (Å²) in [5.74, 6) is -0.597. The molecule has 15 heavy (non-hydrogen) atoms. The molecule has 1 aromatic rings. The maximum Gasteiger partial charge on any atom is 0.334 e. The molecule has 0 amide bonds. The molecule has 1 aromatic carbocycles. The van der Waals surface area contributed by atoms with Crippen LogP contribution in [0.2, 0.25) is 0 Å². The quantitative estimate of drug-likeness (QED) is 0.709. The fourth-order valence-electron chi connectivity index (χ4n) is 0.754. The molecule has 0 heterocycles. The number of aliphatic hydroxyl groups is 2. The van der Waals surface area contributed by atoms with E-state index in [4.69, 9.17) is 10.2 Å². The zero-order chi connectivity index (χ0) is 11.7. The summed E-state index contributed by atoms with van der Waals surface area (Å²) in [6, 6.07) is 9.52. The van der Waals surface area contributed by atoms with Gasteiger partial charge in [0.2, 0.25) is 0 Å². The normalized spacial score (nSPS) is 10.9. The van der Waals surface area contributed by atoms with Crippen molar-refractivity contribution >= 4 is 5.97 Å². The van der Waals surface area contributed by atoms with E-state index in [9.17, 15) is 4.79 Å².